The first-order valence-electron chi connectivity index (χ1n) is 10.2. The average molecular weight is 424 g/mol. The molecule has 1 aliphatic heterocycles. The first-order chi connectivity index (χ1) is 15.0. The number of piperazine rings is 1. The van der Waals surface area contributed by atoms with Gasteiger partial charge in [0.15, 0.2) is 5.82 Å². The lowest BCUT2D eigenvalue weighted by atomic mass is 10.0. The summed E-state index contributed by atoms with van der Waals surface area (Å²) in [4.78, 5) is 13.0. The second kappa shape index (κ2) is 9.31. The van der Waals surface area contributed by atoms with Crippen molar-refractivity contribution in [1.29, 1.82) is 0 Å². The number of aromatic nitrogens is 1. The summed E-state index contributed by atoms with van der Waals surface area (Å²) in [6.45, 7) is 0.846. The normalized spacial score (nSPS) is 15.0. The molecule has 4 nitrogen and oxygen atoms in total. The summed E-state index contributed by atoms with van der Waals surface area (Å²) in [6, 6.07) is 25.4. The van der Waals surface area contributed by atoms with E-state index >= 15 is 0 Å². The van der Waals surface area contributed by atoms with E-state index in [1.165, 1.54) is 4.90 Å². The number of aliphatic imine (C=N–C) groups is 1. The van der Waals surface area contributed by atoms with Crippen LogP contribution in [0.2, 0.25) is 0 Å². The smallest absolute Gasteiger partial charge is 0.354 e. The Hall–Kier alpha value is -3.19. The van der Waals surface area contributed by atoms with Crippen molar-refractivity contribution < 1.29 is 13.2 Å². The van der Waals surface area contributed by atoms with Gasteiger partial charge in [-0.05, 0) is 12.1 Å². The van der Waals surface area contributed by atoms with Crippen molar-refractivity contribution in [2.75, 3.05) is 37.6 Å². The molecule has 0 atom stereocenters. The molecule has 1 saturated heterocycles. The minimum absolute atomic E-state index is 0.355. The average Bonchev–Trinajstić information content (AvgIpc) is 2.78. The van der Waals surface area contributed by atoms with Crippen LogP contribution >= 0.6 is 0 Å². The van der Waals surface area contributed by atoms with Gasteiger partial charge in [-0.15, -0.1) is 0 Å². The molecule has 0 radical (unpaired) electrons. The number of anilines is 1. The Morgan fingerprint density at radius 3 is 1.90 bits per heavy atom. The second-order valence-electron chi connectivity index (χ2n) is 7.42. The molecule has 0 bridgehead atoms. The van der Waals surface area contributed by atoms with Crippen LogP contribution in [-0.2, 0) is 0 Å². The van der Waals surface area contributed by atoms with Gasteiger partial charge in [0.1, 0.15) is 5.82 Å². The fourth-order valence-corrected chi connectivity index (χ4v) is 3.64. The van der Waals surface area contributed by atoms with Gasteiger partial charge in [0.2, 0.25) is 0 Å². The molecule has 1 aromatic heterocycles. The molecule has 0 saturated carbocycles. The van der Waals surface area contributed by atoms with Crippen LogP contribution in [0.5, 0.6) is 0 Å². The van der Waals surface area contributed by atoms with Gasteiger partial charge in [-0.1, -0.05) is 66.7 Å². The van der Waals surface area contributed by atoms with Gasteiger partial charge in [-0.2, -0.15) is 13.2 Å². The molecule has 0 spiro atoms. The van der Waals surface area contributed by atoms with E-state index in [1.807, 2.05) is 83.8 Å². The summed E-state index contributed by atoms with van der Waals surface area (Å²) in [7, 11) is 0. The van der Waals surface area contributed by atoms with Crippen LogP contribution in [0.25, 0.3) is 0 Å². The van der Waals surface area contributed by atoms with Crippen molar-refractivity contribution in [2.45, 2.75) is 6.18 Å². The quantitative estimate of drug-likeness (QED) is 0.544. The SMILES string of the molecule is FC(F)(F)CN1CCN(c2cccc(N=C(c3ccccc3)c3ccccc3)n2)CC1. The van der Waals surface area contributed by atoms with Crippen molar-refractivity contribution in [2.24, 2.45) is 4.99 Å². The van der Waals surface area contributed by atoms with Crippen LogP contribution in [-0.4, -0.2) is 54.5 Å². The fraction of sp³-hybridized carbons (Fsp3) is 0.250. The molecule has 0 amide bonds. The van der Waals surface area contributed by atoms with Gasteiger partial charge in [0.25, 0.3) is 0 Å². The highest BCUT2D eigenvalue weighted by Gasteiger charge is 2.32. The maximum Gasteiger partial charge on any atom is 0.401 e. The Balaban J connectivity index is 1.56. The highest BCUT2D eigenvalue weighted by Crippen LogP contribution is 2.22. The molecule has 31 heavy (non-hydrogen) atoms. The number of pyridine rings is 1. The topological polar surface area (TPSA) is 31.7 Å². The zero-order valence-electron chi connectivity index (χ0n) is 17.0. The first-order valence-corrected chi connectivity index (χ1v) is 10.2. The number of hydrogen-bond acceptors (Lipinski definition) is 4. The predicted octanol–water partition coefficient (Wildman–Crippen LogP) is 4.94. The van der Waals surface area contributed by atoms with Gasteiger partial charge in [-0.25, -0.2) is 9.98 Å². The molecule has 4 rings (SSSR count). The first kappa shape index (κ1) is 21.1. The van der Waals surface area contributed by atoms with E-state index in [1.54, 1.807) is 0 Å². The van der Waals surface area contributed by atoms with Crippen LogP contribution in [0.15, 0.2) is 83.9 Å². The monoisotopic (exact) mass is 424 g/mol. The second-order valence-corrected chi connectivity index (χ2v) is 7.42. The van der Waals surface area contributed by atoms with Crippen LogP contribution in [0.3, 0.4) is 0 Å². The van der Waals surface area contributed by atoms with E-state index in [0.29, 0.717) is 32.0 Å². The Labute approximate surface area is 179 Å². The summed E-state index contributed by atoms with van der Waals surface area (Å²) < 4.78 is 37.9. The number of benzene rings is 2. The number of halogens is 3. The molecule has 0 unspecified atom stereocenters. The van der Waals surface area contributed by atoms with Crippen molar-refractivity contribution in [1.82, 2.24) is 9.88 Å². The van der Waals surface area contributed by atoms with Crippen molar-refractivity contribution in [3.05, 3.63) is 90.0 Å². The summed E-state index contributed by atoms with van der Waals surface area (Å²) >= 11 is 0. The zero-order valence-corrected chi connectivity index (χ0v) is 17.0. The number of hydrogen-bond donors (Lipinski definition) is 0. The molecule has 1 aliphatic rings. The number of nitrogens with zero attached hydrogens (tertiary/aromatic N) is 4. The molecular formula is C24H23F3N4. The molecule has 160 valence electrons. The van der Waals surface area contributed by atoms with Gasteiger partial charge >= 0.3 is 6.18 Å². The van der Waals surface area contributed by atoms with E-state index < -0.39 is 12.7 Å². The summed E-state index contributed by atoms with van der Waals surface area (Å²) in [5.74, 6) is 1.30. The summed E-state index contributed by atoms with van der Waals surface area (Å²) in [5.41, 5.74) is 2.80. The fourth-order valence-electron chi connectivity index (χ4n) is 3.64. The largest absolute Gasteiger partial charge is 0.401 e. The maximum atomic E-state index is 12.6. The van der Waals surface area contributed by atoms with E-state index in [4.69, 9.17) is 4.99 Å². The third-order valence-electron chi connectivity index (χ3n) is 5.14. The van der Waals surface area contributed by atoms with E-state index in [0.717, 1.165) is 22.7 Å². The maximum absolute atomic E-state index is 12.6. The van der Waals surface area contributed by atoms with Crippen molar-refractivity contribution in [3.63, 3.8) is 0 Å². The molecule has 7 heteroatoms. The third kappa shape index (κ3) is 5.70. The summed E-state index contributed by atoms with van der Waals surface area (Å²) in [5, 5.41) is 0. The van der Waals surface area contributed by atoms with Crippen LogP contribution in [0, 0.1) is 0 Å². The van der Waals surface area contributed by atoms with E-state index in [9.17, 15) is 13.2 Å². The number of alkyl halides is 3. The molecule has 2 heterocycles. The van der Waals surface area contributed by atoms with Crippen molar-refractivity contribution in [3.8, 4) is 0 Å². The van der Waals surface area contributed by atoms with Crippen LogP contribution in [0.4, 0.5) is 24.8 Å². The molecular weight excluding hydrogens is 401 g/mol. The van der Waals surface area contributed by atoms with E-state index in [2.05, 4.69) is 4.98 Å². The molecule has 2 aromatic carbocycles. The Bertz CT molecular complexity index is 970. The summed E-state index contributed by atoms with van der Waals surface area (Å²) in [6.07, 6.45) is -4.17. The van der Waals surface area contributed by atoms with E-state index in [-0.39, 0.29) is 0 Å². The third-order valence-corrected chi connectivity index (χ3v) is 5.14. The predicted molar refractivity (Wildman–Crippen MR) is 117 cm³/mol. The minimum atomic E-state index is -4.17. The lowest BCUT2D eigenvalue weighted by Gasteiger charge is -2.35. The molecule has 0 aliphatic carbocycles. The van der Waals surface area contributed by atoms with Gasteiger partial charge in [0, 0.05) is 37.3 Å². The van der Waals surface area contributed by atoms with Crippen LogP contribution in [0.1, 0.15) is 11.1 Å². The van der Waals surface area contributed by atoms with Crippen LogP contribution < -0.4 is 4.90 Å². The lowest BCUT2D eigenvalue weighted by molar-refractivity contribution is -0.146. The lowest BCUT2D eigenvalue weighted by Crippen LogP contribution is -2.49. The van der Waals surface area contributed by atoms with Gasteiger partial charge in [0.05, 0.1) is 12.3 Å². The van der Waals surface area contributed by atoms with Gasteiger partial charge in [-0.3, -0.25) is 4.90 Å². The zero-order chi connectivity index (χ0) is 21.7. The Morgan fingerprint density at radius 2 is 1.35 bits per heavy atom. The minimum Gasteiger partial charge on any atom is -0.354 e. The Morgan fingerprint density at radius 1 is 0.774 bits per heavy atom. The number of rotatable bonds is 5. The van der Waals surface area contributed by atoms with Crippen molar-refractivity contribution >= 4 is 17.3 Å². The van der Waals surface area contributed by atoms with Gasteiger partial charge < -0.3 is 4.90 Å². The highest BCUT2D eigenvalue weighted by molar-refractivity contribution is 6.13. The molecule has 3 aromatic rings. The Kier molecular flexibility index (Phi) is 6.32. The molecule has 1 fully saturated rings. The standard InChI is InChI=1S/C24H23F3N4/c25-24(26,27)18-30-14-16-31(17-15-30)22-13-7-12-21(28-22)29-23(19-8-3-1-4-9-19)20-10-5-2-6-11-20/h1-13H,14-18H2. The molecule has 0 N–H and O–H groups in total. The highest BCUT2D eigenvalue weighted by atomic mass is 19.4.